The Morgan fingerprint density at radius 1 is 1.15 bits per heavy atom. The summed E-state index contributed by atoms with van der Waals surface area (Å²) in [5.74, 6) is 0.187. The largest absolute Gasteiger partial charge is 0.494 e. The molecule has 1 N–H and O–H groups in total. The van der Waals surface area contributed by atoms with Crippen LogP contribution in [-0.4, -0.2) is 12.5 Å². The lowest BCUT2D eigenvalue weighted by molar-refractivity contribution is -0.112. The molecule has 0 aliphatic heterocycles. The van der Waals surface area contributed by atoms with Crippen molar-refractivity contribution in [2.45, 2.75) is 20.3 Å². The highest BCUT2D eigenvalue weighted by molar-refractivity contribution is 9.10. The molecule has 1 amide bonds. The minimum Gasteiger partial charge on any atom is -0.494 e. The quantitative estimate of drug-likeness (QED) is 0.227. The maximum absolute atomic E-state index is 12.8. The first-order chi connectivity index (χ1) is 15.8. The molecular weight excluding hydrogens is 568 g/mol. The Labute approximate surface area is 215 Å². The number of aryl methyl sites for hydroxylation is 1. The van der Waals surface area contributed by atoms with Gasteiger partial charge in [0.2, 0.25) is 0 Å². The molecular formula is C26H21Br2ClN2O2. The first-order valence-electron chi connectivity index (χ1n) is 10.2. The number of anilines is 1. The van der Waals surface area contributed by atoms with E-state index in [0.717, 1.165) is 25.6 Å². The molecule has 0 aromatic heterocycles. The number of carbonyl (C=O) groups excluding carboxylic acids is 1. The van der Waals surface area contributed by atoms with Crippen LogP contribution in [0.15, 0.2) is 69.1 Å². The maximum Gasteiger partial charge on any atom is 0.266 e. The number of rotatable bonds is 7. The summed E-state index contributed by atoms with van der Waals surface area (Å²) in [7, 11) is 0. The molecule has 0 aliphatic rings. The van der Waals surface area contributed by atoms with Gasteiger partial charge in [0.15, 0.2) is 0 Å². The predicted molar refractivity (Wildman–Crippen MR) is 141 cm³/mol. The van der Waals surface area contributed by atoms with Crippen molar-refractivity contribution in [3.63, 3.8) is 0 Å². The number of carbonyl (C=O) groups is 1. The van der Waals surface area contributed by atoms with E-state index in [0.29, 0.717) is 35.1 Å². The Kier molecular flexibility index (Phi) is 8.74. The van der Waals surface area contributed by atoms with E-state index in [-0.39, 0.29) is 5.57 Å². The first-order valence-corrected chi connectivity index (χ1v) is 12.2. The normalized spacial score (nSPS) is 11.1. The van der Waals surface area contributed by atoms with Crippen LogP contribution in [0.2, 0.25) is 5.02 Å². The molecule has 0 saturated heterocycles. The van der Waals surface area contributed by atoms with Gasteiger partial charge in [0.25, 0.3) is 5.91 Å². The van der Waals surface area contributed by atoms with Crippen molar-refractivity contribution in [2.75, 3.05) is 11.9 Å². The minimum atomic E-state index is -0.505. The van der Waals surface area contributed by atoms with Gasteiger partial charge in [-0.1, -0.05) is 67.7 Å². The lowest BCUT2D eigenvalue weighted by atomic mass is 10.0. The van der Waals surface area contributed by atoms with Gasteiger partial charge in [-0.25, -0.2) is 0 Å². The number of nitrogens with zero attached hydrogens (tertiary/aromatic N) is 1. The van der Waals surface area contributed by atoms with Crippen LogP contribution in [0.4, 0.5) is 5.69 Å². The predicted octanol–water partition coefficient (Wildman–Crippen LogP) is 7.71. The van der Waals surface area contributed by atoms with E-state index >= 15 is 0 Å². The van der Waals surface area contributed by atoms with Crippen LogP contribution in [0.1, 0.15) is 29.2 Å². The lowest BCUT2D eigenvalue weighted by Crippen LogP contribution is -2.14. The summed E-state index contributed by atoms with van der Waals surface area (Å²) in [4.78, 5) is 12.8. The Morgan fingerprint density at radius 3 is 2.61 bits per heavy atom. The number of nitrogens with one attached hydrogen (secondary N) is 1. The van der Waals surface area contributed by atoms with Gasteiger partial charge in [0, 0.05) is 31.6 Å². The van der Waals surface area contributed by atoms with E-state index in [1.165, 1.54) is 0 Å². The summed E-state index contributed by atoms with van der Waals surface area (Å²) in [6.07, 6.45) is 2.20. The second-order valence-electron chi connectivity index (χ2n) is 7.26. The van der Waals surface area contributed by atoms with Crippen LogP contribution in [-0.2, 0) is 11.2 Å². The molecule has 168 valence electrons. The SMILES string of the molecule is CCOc1cc(/C=C(\C#N)C(=O)Nc2cc(Cl)ccc2C)cc(Br)c1Cc1ccccc1Br. The Hall–Kier alpha value is -2.59. The summed E-state index contributed by atoms with van der Waals surface area (Å²) >= 11 is 13.3. The number of hydrogen-bond donors (Lipinski definition) is 1. The van der Waals surface area contributed by atoms with E-state index in [9.17, 15) is 10.1 Å². The molecule has 0 spiro atoms. The molecule has 3 aromatic rings. The standard InChI is InChI=1S/C26H21Br2ClN2O2/c1-3-33-25-12-17(11-23(28)21(25)13-18-6-4-5-7-22(18)27)10-19(15-30)26(32)31-24-14-20(29)9-8-16(24)2/h4-12,14H,3,13H2,1-2H3,(H,31,32)/b19-10+. The third kappa shape index (κ3) is 6.48. The molecule has 4 nitrogen and oxygen atoms in total. The van der Waals surface area contributed by atoms with E-state index in [1.807, 2.05) is 56.3 Å². The zero-order valence-corrected chi connectivity index (χ0v) is 22.0. The van der Waals surface area contributed by atoms with E-state index in [1.54, 1.807) is 18.2 Å². The van der Waals surface area contributed by atoms with Gasteiger partial charge in [0.05, 0.1) is 6.61 Å². The molecule has 0 atom stereocenters. The molecule has 3 aromatic carbocycles. The van der Waals surface area contributed by atoms with Crippen LogP contribution in [0, 0.1) is 18.3 Å². The number of ether oxygens (including phenoxy) is 1. The molecule has 0 unspecified atom stereocenters. The zero-order valence-electron chi connectivity index (χ0n) is 18.1. The fourth-order valence-electron chi connectivity index (χ4n) is 3.24. The first kappa shape index (κ1) is 25.0. The highest BCUT2D eigenvalue weighted by atomic mass is 79.9. The van der Waals surface area contributed by atoms with Crippen LogP contribution >= 0.6 is 43.5 Å². The van der Waals surface area contributed by atoms with Gasteiger partial charge in [-0.2, -0.15) is 5.26 Å². The van der Waals surface area contributed by atoms with Gasteiger partial charge >= 0.3 is 0 Å². The van der Waals surface area contributed by atoms with Crippen molar-refractivity contribution >= 4 is 61.1 Å². The smallest absolute Gasteiger partial charge is 0.266 e. The molecule has 0 bridgehead atoms. The molecule has 0 heterocycles. The van der Waals surface area contributed by atoms with Crippen LogP contribution < -0.4 is 10.1 Å². The fourth-order valence-corrected chi connectivity index (χ4v) is 4.43. The van der Waals surface area contributed by atoms with Crippen molar-refractivity contribution in [1.82, 2.24) is 0 Å². The van der Waals surface area contributed by atoms with Gasteiger partial charge in [-0.05, 0) is 66.9 Å². The lowest BCUT2D eigenvalue weighted by Gasteiger charge is -2.15. The van der Waals surface area contributed by atoms with Gasteiger partial charge in [-0.15, -0.1) is 0 Å². The molecule has 7 heteroatoms. The van der Waals surface area contributed by atoms with Crippen LogP contribution in [0.3, 0.4) is 0 Å². The van der Waals surface area contributed by atoms with Gasteiger partial charge < -0.3 is 10.1 Å². The third-order valence-electron chi connectivity index (χ3n) is 4.93. The fraction of sp³-hybridized carbons (Fsp3) is 0.154. The third-order valence-corrected chi connectivity index (χ3v) is 6.64. The van der Waals surface area contributed by atoms with E-state index in [4.69, 9.17) is 16.3 Å². The molecule has 3 rings (SSSR count). The maximum atomic E-state index is 12.8. The van der Waals surface area contributed by atoms with Crippen molar-refractivity contribution in [3.8, 4) is 11.8 Å². The van der Waals surface area contributed by atoms with Crippen molar-refractivity contribution in [1.29, 1.82) is 5.26 Å². The zero-order chi connectivity index (χ0) is 24.0. The molecule has 0 fully saturated rings. The second kappa shape index (κ2) is 11.5. The van der Waals surface area contributed by atoms with E-state index < -0.39 is 5.91 Å². The van der Waals surface area contributed by atoms with Crippen molar-refractivity contribution in [2.24, 2.45) is 0 Å². The summed E-state index contributed by atoms with van der Waals surface area (Å²) < 4.78 is 7.75. The summed E-state index contributed by atoms with van der Waals surface area (Å²) in [5.41, 5.74) is 4.17. The average molecular weight is 589 g/mol. The number of hydrogen-bond acceptors (Lipinski definition) is 3. The van der Waals surface area contributed by atoms with Crippen LogP contribution in [0.25, 0.3) is 6.08 Å². The van der Waals surface area contributed by atoms with Crippen molar-refractivity contribution < 1.29 is 9.53 Å². The summed E-state index contributed by atoms with van der Waals surface area (Å²) in [6.45, 7) is 4.26. The number of halogens is 3. The topological polar surface area (TPSA) is 62.1 Å². The molecule has 0 radical (unpaired) electrons. The molecule has 0 aliphatic carbocycles. The average Bonchev–Trinajstić information content (AvgIpc) is 2.78. The number of amides is 1. The summed E-state index contributed by atoms with van der Waals surface area (Å²) in [6, 6.07) is 18.9. The monoisotopic (exact) mass is 586 g/mol. The Morgan fingerprint density at radius 2 is 1.91 bits per heavy atom. The number of nitriles is 1. The van der Waals surface area contributed by atoms with Crippen LogP contribution in [0.5, 0.6) is 5.75 Å². The van der Waals surface area contributed by atoms with Gasteiger partial charge in [-0.3, -0.25) is 4.79 Å². The molecule has 0 saturated carbocycles. The number of benzene rings is 3. The molecule has 33 heavy (non-hydrogen) atoms. The minimum absolute atomic E-state index is 0.0257. The highest BCUT2D eigenvalue weighted by Gasteiger charge is 2.15. The van der Waals surface area contributed by atoms with E-state index in [2.05, 4.69) is 43.2 Å². The highest BCUT2D eigenvalue weighted by Crippen LogP contribution is 2.34. The van der Waals surface area contributed by atoms with Gasteiger partial charge in [0.1, 0.15) is 17.4 Å². The van der Waals surface area contributed by atoms with Crippen molar-refractivity contribution in [3.05, 3.63) is 96.4 Å². The Balaban J connectivity index is 1.94. The summed E-state index contributed by atoms with van der Waals surface area (Å²) in [5, 5.41) is 12.9. The second-order valence-corrected chi connectivity index (χ2v) is 9.41. The Bertz CT molecular complexity index is 1270.